The molecular formula is C11H12ClN3O. The summed E-state index contributed by atoms with van der Waals surface area (Å²) < 4.78 is 5.13. The lowest BCUT2D eigenvalue weighted by atomic mass is 10.2. The summed E-state index contributed by atoms with van der Waals surface area (Å²) >= 11 is 5.88. The fraction of sp³-hybridized carbons (Fsp3) is 0.273. The van der Waals surface area contributed by atoms with Crippen LogP contribution in [-0.2, 0) is 0 Å². The van der Waals surface area contributed by atoms with E-state index in [4.69, 9.17) is 21.9 Å². The molecule has 5 heteroatoms. The standard InChI is InChI=1S/C11H12ClN3O/c1-2-9(13)10-14-11(16-15-10)7-4-3-5-8(12)6-7/h3-6,9H,2,13H2,1H3. The van der Waals surface area contributed by atoms with E-state index in [-0.39, 0.29) is 6.04 Å². The van der Waals surface area contributed by atoms with Gasteiger partial charge in [0.15, 0.2) is 5.82 Å². The van der Waals surface area contributed by atoms with Crippen LogP contribution in [0.3, 0.4) is 0 Å². The Bertz CT molecular complexity index is 484. The molecule has 1 unspecified atom stereocenters. The summed E-state index contributed by atoms with van der Waals surface area (Å²) in [5.74, 6) is 0.971. The lowest BCUT2D eigenvalue weighted by Gasteiger charge is -1.99. The molecule has 0 spiro atoms. The van der Waals surface area contributed by atoms with Crippen molar-refractivity contribution in [3.8, 4) is 11.5 Å². The average Bonchev–Trinajstić information content (AvgIpc) is 2.77. The van der Waals surface area contributed by atoms with E-state index < -0.39 is 0 Å². The molecule has 2 aromatic rings. The number of benzene rings is 1. The minimum absolute atomic E-state index is 0.184. The second kappa shape index (κ2) is 4.63. The molecule has 2 rings (SSSR count). The second-order valence-electron chi connectivity index (χ2n) is 3.48. The van der Waals surface area contributed by atoms with Gasteiger partial charge in [-0.3, -0.25) is 0 Å². The largest absolute Gasteiger partial charge is 0.334 e. The zero-order chi connectivity index (χ0) is 11.5. The predicted octanol–water partition coefficient (Wildman–Crippen LogP) is 2.80. The van der Waals surface area contributed by atoms with Crippen molar-refractivity contribution in [2.75, 3.05) is 0 Å². The fourth-order valence-electron chi connectivity index (χ4n) is 1.31. The third kappa shape index (κ3) is 2.23. The molecule has 1 heterocycles. The first kappa shape index (κ1) is 11.1. The Morgan fingerprint density at radius 1 is 1.50 bits per heavy atom. The van der Waals surface area contributed by atoms with Crippen molar-refractivity contribution in [3.05, 3.63) is 35.1 Å². The van der Waals surface area contributed by atoms with E-state index in [1.54, 1.807) is 12.1 Å². The molecule has 1 atom stereocenters. The highest BCUT2D eigenvalue weighted by Gasteiger charge is 2.13. The van der Waals surface area contributed by atoms with Crippen LogP contribution in [-0.4, -0.2) is 10.1 Å². The normalized spacial score (nSPS) is 12.7. The number of nitrogens with zero attached hydrogens (tertiary/aromatic N) is 2. The molecule has 0 aliphatic rings. The van der Waals surface area contributed by atoms with E-state index in [0.29, 0.717) is 16.7 Å². The Kier molecular flexibility index (Phi) is 3.22. The molecule has 0 bridgehead atoms. The predicted molar refractivity (Wildman–Crippen MR) is 62.0 cm³/mol. The molecule has 2 N–H and O–H groups in total. The van der Waals surface area contributed by atoms with Crippen molar-refractivity contribution < 1.29 is 4.52 Å². The molecule has 0 fully saturated rings. The Hall–Kier alpha value is -1.39. The SMILES string of the molecule is CCC(N)c1noc(-c2cccc(Cl)c2)n1. The highest BCUT2D eigenvalue weighted by Crippen LogP contribution is 2.22. The van der Waals surface area contributed by atoms with Crippen LogP contribution in [0, 0.1) is 0 Å². The van der Waals surface area contributed by atoms with Gasteiger partial charge in [0.2, 0.25) is 0 Å². The van der Waals surface area contributed by atoms with Gasteiger partial charge in [-0.1, -0.05) is 29.7 Å². The van der Waals surface area contributed by atoms with Crippen LogP contribution in [0.2, 0.25) is 5.02 Å². The third-order valence-electron chi connectivity index (χ3n) is 2.28. The summed E-state index contributed by atoms with van der Waals surface area (Å²) in [6.07, 6.45) is 0.772. The molecule has 0 saturated heterocycles. The van der Waals surface area contributed by atoms with Gasteiger partial charge in [-0.25, -0.2) is 0 Å². The van der Waals surface area contributed by atoms with Crippen molar-refractivity contribution >= 4 is 11.6 Å². The van der Waals surface area contributed by atoms with E-state index in [1.165, 1.54) is 0 Å². The van der Waals surface area contributed by atoms with Crippen molar-refractivity contribution in [1.82, 2.24) is 10.1 Å². The third-order valence-corrected chi connectivity index (χ3v) is 2.52. The summed E-state index contributed by atoms with van der Waals surface area (Å²) in [5, 5.41) is 4.47. The van der Waals surface area contributed by atoms with Gasteiger partial charge in [-0.15, -0.1) is 0 Å². The Morgan fingerprint density at radius 3 is 3.00 bits per heavy atom. The summed E-state index contributed by atoms with van der Waals surface area (Å²) in [6, 6.07) is 7.08. The number of halogens is 1. The van der Waals surface area contributed by atoms with Gasteiger partial charge in [0.25, 0.3) is 5.89 Å². The van der Waals surface area contributed by atoms with Crippen LogP contribution < -0.4 is 5.73 Å². The number of hydrogen-bond acceptors (Lipinski definition) is 4. The zero-order valence-corrected chi connectivity index (χ0v) is 9.61. The number of rotatable bonds is 3. The van der Waals surface area contributed by atoms with Crippen LogP contribution >= 0.6 is 11.6 Å². The monoisotopic (exact) mass is 237 g/mol. The van der Waals surface area contributed by atoms with Crippen LogP contribution in [0.4, 0.5) is 0 Å². The summed E-state index contributed by atoms with van der Waals surface area (Å²) in [5.41, 5.74) is 6.61. The van der Waals surface area contributed by atoms with Crippen molar-refractivity contribution in [2.24, 2.45) is 5.73 Å². The number of aromatic nitrogens is 2. The molecule has 0 aliphatic heterocycles. The topological polar surface area (TPSA) is 64.9 Å². The van der Waals surface area contributed by atoms with Gasteiger partial charge in [-0.05, 0) is 24.6 Å². The maximum Gasteiger partial charge on any atom is 0.258 e. The van der Waals surface area contributed by atoms with E-state index >= 15 is 0 Å². The molecule has 16 heavy (non-hydrogen) atoms. The minimum atomic E-state index is -0.184. The molecule has 84 valence electrons. The summed E-state index contributed by atoms with van der Waals surface area (Å²) in [6.45, 7) is 1.97. The Labute approximate surface area is 98.4 Å². The first-order valence-corrected chi connectivity index (χ1v) is 5.43. The van der Waals surface area contributed by atoms with Crippen LogP contribution in [0.1, 0.15) is 25.2 Å². The molecule has 0 amide bonds. The van der Waals surface area contributed by atoms with Gasteiger partial charge in [-0.2, -0.15) is 4.98 Å². The maximum absolute atomic E-state index is 5.88. The molecule has 4 nitrogen and oxygen atoms in total. The Morgan fingerprint density at radius 2 is 2.31 bits per heavy atom. The summed E-state index contributed by atoms with van der Waals surface area (Å²) in [4.78, 5) is 4.23. The highest BCUT2D eigenvalue weighted by atomic mass is 35.5. The minimum Gasteiger partial charge on any atom is -0.334 e. The van der Waals surface area contributed by atoms with Crippen molar-refractivity contribution in [2.45, 2.75) is 19.4 Å². The molecule has 1 aromatic heterocycles. The first-order valence-electron chi connectivity index (χ1n) is 5.06. The average molecular weight is 238 g/mol. The van der Waals surface area contributed by atoms with E-state index in [9.17, 15) is 0 Å². The highest BCUT2D eigenvalue weighted by molar-refractivity contribution is 6.30. The lowest BCUT2D eigenvalue weighted by Crippen LogP contribution is -2.10. The van der Waals surface area contributed by atoms with E-state index in [2.05, 4.69) is 10.1 Å². The Balaban J connectivity index is 2.31. The van der Waals surface area contributed by atoms with Crippen LogP contribution in [0.15, 0.2) is 28.8 Å². The molecule has 0 saturated carbocycles. The first-order chi connectivity index (χ1) is 7.70. The molecule has 0 aliphatic carbocycles. The van der Waals surface area contributed by atoms with Crippen molar-refractivity contribution in [3.63, 3.8) is 0 Å². The quantitative estimate of drug-likeness (QED) is 0.892. The van der Waals surface area contributed by atoms with Gasteiger partial charge < -0.3 is 10.3 Å². The number of hydrogen-bond donors (Lipinski definition) is 1. The summed E-state index contributed by atoms with van der Waals surface area (Å²) in [7, 11) is 0. The van der Waals surface area contributed by atoms with Gasteiger partial charge >= 0.3 is 0 Å². The van der Waals surface area contributed by atoms with E-state index in [1.807, 2.05) is 19.1 Å². The second-order valence-corrected chi connectivity index (χ2v) is 3.92. The fourth-order valence-corrected chi connectivity index (χ4v) is 1.50. The maximum atomic E-state index is 5.88. The number of nitrogens with two attached hydrogens (primary N) is 1. The molecular weight excluding hydrogens is 226 g/mol. The lowest BCUT2D eigenvalue weighted by molar-refractivity contribution is 0.415. The smallest absolute Gasteiger partial charge is 0.258 e. The van der Waals surface area contributed by atoms with Gasteiger partial charge in [0.05, 0.1) is 6.04 Å². The van der Waals surface area contributed by atoms with Gasteiger partial charge in [0.1, 0.15) is 0 Å². The van der Waals surface area contributed by atoms with Crippen LogP contribution in [0.25, 0.3) is 11.5 Å². The molecule has 0 radical (unpaired) electrons. The van der Waals surface area contributed by atoms with Crippen LogP contribution in [0.5, 0.6) is 0 Å². The molecule has 1 aromatic carbocycles. The van der Waals surface area contributed by atoms with E-state index in [0.717, 1.165) is 12.0 Å². The van der Waals surface area contributed by atoms with Gasteiger partial charge in [0, 0.05) is 10.6 Å². The van der Waals surface area contributed by atoms with Crippen molar-refractivity contribution in [1.29, 1.82) is 0 Å². The zero-order valence-electron chi connectivity index (χ0n) is 8.85.